The predicted molar refractivity (Wildman–Crippen MR) is 125 cm³/mol. The van der Waals surface area contributed by atoms with Gasteiger partial charge in [0, 0.05) is 28.9 Å². The molecule has 4 atom stereocenters. The molecule has 5 rings (SSSR count). The highest BCUT2D eigenvalue weighted by Gasteiger charge is 2.53. The van der Waals surface area contributed by atoms with E-state index in [1.807, 2.05) is 30.0 Å². The van der Waals surface area contributed by atoms with E-state index in [1.54, 1.807) is 0 Å². The third-order valence-electron chi connectivity index (χ3n) is 8.55. The first-order valence-electron chi connectivity index (χ1n) is 11.9. The van der Waals surface area contributed by atoms with Crippen molar-refractivity contribution in [2.24, 2.45) is 27.5 Å². The summed E-state index contributed by atoms with van der Waals surface area (Å²) in [6.07, 6.45) is 8.90. The predicted octanol–water partition coefficient (Wildman–Crippen LogP) is 5.56. The van der Waals surface area contributed by atoms with E-state index >= 15 is 0 Å². The van der Waals surface area contributed by atoms with E-state index in [4.69, 9.17) is 5.10 Å². The van der Waals surface area contributed by atoms with Gasteiger partial charge in [-0.25, -0.2) is 0 Å². The Bertz CT molecular complexity index is 1070. The SMILES string of the molecule is CCn1nc(C)c(/C=N\N=C2\CC[C@@H]3[C@H]4CCc5cc(O)ccc5[C@@H]4CC[C@]23C)c1C. The van der Waals surface area contributed by atoms with E-state index in [0.29, 0.717) is 17.6 Å². The molecule has 1 aromatic heterocycles. The largest absolute Gasteiger partial charge is 0.508 e. The lowest BCUT2D eigenvalue weighted by Gasteiger charge is -2.49. The lowest BCUT2D eigenvalue weighted by Crippen LogP contribution is -2.42. The minimum absolute atomic E-state index is 0.171. The molecule has 0 amide bonds. The van der Waals surface area contributed by atoms with Crippen LogP contribution in [0.2, 0.25) is 0 Å². The smallest absolute Gasteiger partial charge is 0.115 e. The number of fused-ring (bicyclic) bond motifs is 5. The van der Waals surface area contributed by atoms with Gasteiger partial charge in [-0.2, -0.15) is 15.3 Å². The zero-order valence-corrected chi connectivity index (χ0v) is 19.2. The summed E-state index contributed by atoms with van der Waals surface area (Å²) in [6.45, 7) is 9.57. The second-order valence-corrected chi connectivity index (χ2v) is 9.98. The molecule has 5 heteroatoms. The van der Waals surface area contributed by atoms with Gasteiger partial charge in [-0.3, -0.25) is 4.68 Å². The van der Waals surface area contributed by atoms with Crippen molar-refractivity contribution in [2.75, 3.05) is 0 Å². The van der Waals surface area contributed by atoms with E-state index in [2.05, 4.69) is 37.0 Å². The van der Waals surface area contributed by atoms with Crippen LogP contribution in [-0.4, -0.2) is 26.8 Å². The van der Waals surface area contributed by atoms with Crippen molar-refractivity contribution < 1.29 is 5.11 Å². The molecule has 0 aliphatic heterocycles. The van der Waals surface area contributed by atoms with Crippen molar-refractivity contribution in [1.82, 2.24) is 9.78 Å². The fourth-order valence-electron chi connectivity index (χ4n) is 6.88. The summed E-state index contributed by atoms with van der Waals surface area (Å²) >= 11 is 0. The third kappa shape index (κ3) is 3.24. The number of phenols is 1. The van der Waals surface area contributed by atoms with Crippen LogP contribution in [0.4, 0.5) is 0 Å². The Balaban J connectivity index is 1.38. The van der Waals surface area contributed by atoms with Crippen LogP contribution in [0.5, 0.6) is 5.75 Å². The second kappa shape index (κ2) is 7.61. The molecular formula is C26H34N4O. The Morgan fingerprint density at radius 3 is 2.84 bits per heavy atom. The number of hydrogen-bond acceptors (Lipinski definition) is 4. The molecule has 2 aromatic rings. The lowest BCUT2D eigenvalue weighted by atomic mass is 9.55. The highest BCUT2D eigenvalue weighted by atomic mass is 16.3. The molecule has 1 heterocycles. The molecule has 5 nitrogen and oxygen atoms in total. The van der Waals surface area contributed by atoms with E-state index in [9.17, 15) is 5.11 Å². The summed E-state index contributed by atoms with van der Waals surface area (Å²) in [7, 11) is 0. The Morgan fingerprint density at radius 1 is 1.23 bits per heavy atom. The Labute approximate surface area is 185 Å². The maximum atomic E-state index is 9.89. The normalized spacial score (nSPS) is 31.1. The average molecular weight is 419 g/mol. The first-order valence-corrected chi connectivity index (χ1v) is 11.9. The number of phenolic OH excluding ortho intramolecular Hbond substituents is 1. The molecule has 0 spiro atoms. The molecule has 1 N–H and O–H groups in total. The topological polar surface area (TPSA) is 62.8 Å². The number of hydrogen-bond donors (Lipinski definition) is 1. The van der Waals surface area contributed by atoms with Crippen LogP contribution < -0.4 is 0 Å². The average Bonchev–Trinajstić information content (AvgIpc) is 3.23. The van der Waals surface area contributed by atoms with E-state index in [-0.39, 0.29) is 5.41 Å². The van der Waals surface area contributed by atoms with Crippen molar-refractivity contribution in [3.63, 3.8) is 0 Å². The second-order valence-electron chi connectivity index (χ2n) is 9.98. The standard InChI is InChI=1S/C26H34N4O/c1-5-30-17(3)23(16(2)29-30)15-27-28-25-11-10-24-22-8-6-18-14-19(31)7-9-20(18)21(22)12-13-26(24,25)4/h7,9,14-15,21-22,24,31H,5-6,8,10-13H2,1-4H3/b27-15-,28-25-/t21-,22-,24+,26-/m0/s1. The molecule has 3 aliphatic carbocycles. The molecule has 0 unspecified atom stereocenters. The molecule has 31 heavy (non-hydrogen) atoms. The van der Waals surface area contributed by atoms with Gasteiger partial charge in [0.1, 0.15) is 5.75 Å². The third-order valence-corrected chi connectivity index (χ3v) is 8.55. The van der Waals surface area contributed by atoms with Crippen molar-refractivity contribution in [3.05, 3.63) is 46.3 Å². The molecule has 164 valence electrons. The number of aromatic hydroxyl groups is 1. The van der Waals surface area contributed by atoms with Crippen LogP contribution >= 0.6 is 0 Å². The van der Waals surface area contributed by atoms with Gasteiger partial charge in [0.05, 0.1) is 11.9 Å². The van der Waals surface area contributed by atoms with Crippen molar-refractivity contribution in [2.45, 2.75) is 78.7 Å². The number of aryl methyl sites for hydroxylation is 3. The maximum absolute atomic E-state index is 9.89. The maximum Gasteiger partial charge on any atom is 0.115 e. The van der Waals surface area contributed by atoms with Gasteiger partial charge in [0.15, 0.2) is 0 Å². The molecule has 2 saturated carbocycles. The van der Waals surface area contributed by atoms with Crippen LogP contribution in [-0.2, 0) is 13.0 Å². The summed E-state index contributed by atoms with van der Waals surface area (Å²) in [5.74, 6) is 2.45. The molecular weight excluding hydrogens is 384 g/mol. The van der Waals surface area contributed by atoms with Crippen molar-refractivity contribution in [3.8, 4) is 5.75 Å². The van der Waals surface area contributed by atoms with E-state index < -0.39 is 0 Å². The minimum atomic E-state index is 0.171. The minimum Gasteiger partial charge on any atom is -0.508 e. The van der Waals surface area contributed by atoms with Crippen LogP contribution in [0.3, 0.4) is 0 Å². The molecule has 0 radical (unpaired) electrons. The zero-order chi connectivity index (χ0) is 21.8. The Hall–Kier alpha value is -2.43. The van der Waals surface area contributed by atoms with Crippen LogP contribution in [0.25, 0.3) is 0 Å². The Kier molecular flexibility index (Phi) is 5.03. The summed E-state index contributed by atoms with van der Waals surface area (Å²) in [4.78, 5) is 0. The van der Waals surface area contributed by atoms with Crippen molar-refractivity contribution in [1.29, 1.82) is 0 Å². The van der Waals surface area contributed by atoms with Gasteiger partial charge in [0.25, 0.3) is 0 Å². The summed E-state index contributed by atoms with van der Waals surface area (Å²) in [6, 6.07) is 6.04. The highest BCUT2D eigenvalue weighted by Crippen LogP contribution is 2.60. The van der Waals surface area contributed by atoms with Gasteiger partial charge in [0.2, 0.25) is 0 Å². The fraction of sp³-hybridized carbons (Fsp3) is 0.577. The molecule has 0 bridgehead atoms. The number of nitrogens with zero attached hydrogens (tertiary/aromatic N) is 4. The monoisotopic (exact) mass is 418 g/mol. The van der Waals surface area contributed by atoms with Gasteiger partial charge in [-0.1, -0.05) is 13.0 Å². The summed E-state index contributed by atoms with van der Waals surface area (Å²) in [5, 5.41) is 23.8. The van der Waals surface area contributed by atoms with Gasteiger partial charge >= 0.3 is 0 Å². The first kappa shape index (κ1) is 20.5. The number of aromatic nitrogens is 2. The zero-order valence-electron chi connectivity index (χ0n) is 19.2. The van der Waals surface area contributed by atoms with Gasteiger partial charge in [-0.05, 0) is 100 Å². The van der Waals surface area contributed by atoms with Crippen LogP contribution in [0.15, 0.2) is 28.4 Å². The Morgan fingerprint density at radius 2 is 2.06 bits per heavy atom. The lowest BCUT2D eigenvalue weighted by molar-refractivity contribution is 0.0955. The molecule has 3 aliphatic rings. The van der Waals surface area contributed by atoms with Gasteiger partial charge in [-0.15, -0.1) is 0 Å². The molecule has 2 fully saturated rings. The van der Waals surface area contributed by atoms with E-state index in [1.165, 1.54) is 42.5 Å². The summed E-state index contributed by atoms with van der Waals surface area (Å²) < 4.78 is 2.03. The summed E-state index contributed by atoms with van der Waals surface area (Å²) in [5.41, 5.74) is 7.59. The highest BCUT2D eigenvalue weighted by molar-refractivity contribution is 5.93. The quantitative estimate of drug-likeness (QED) is 0.524. The number of benzene rings is 1. The van der Waals surface area contributed by atoms with Crippen LogP contribution in [0, 0.1) is 31.1 Å². The van der Waals surface area contributed by atoms with Crippen molar-refractivity contribution >= 4 is 11.9 Å². The van der Waals surface area contributed by atoms with Crippen LogP contribution in [0.1, 0.15) is 79.9 Å². The van der Waals surface area contributed by atoms with E-state index in [0.717, 1.165) is 42.3 Å². The number of rotatable bonds is 3. The molecule has 0 saturated heterocycles. The first-order chi connectivity index (χ1) is 14.9. The fourth-order valence-corrected chi connectivity index (χ4v) is 6.88. The molecule has 1 aromatic carbocycles. The van der Waals surface area contributed by atoms with Gasteiger partial charge < -0.3 is 5.11 Å².